The number of hydrogen-bond acceptors (Lipinski definition) is 4. The maximum absolute atomic E-state index is 12.0. The summed E-state index contributed by atoms with van der Waals surface area (Å²) in [6.07, 6.45) is 2.53. The molecule has 4 N–H and O–H groups in total. The van der Waals surface area contributed by atoms with Crippen LogP contribution in [-0.4, -0.2) is 17.4 Å². The second kappa shape index (κ2) is 5.54. The Labute approximate surface area is 111 Å². The van der Waals surface area contributed by atoms with Gasteiger partial charge in [-0.15, -0.1) is 0 Å². The first-order valence-electron chi connectivity index (χ1n) is 6.03. The van der Waals surface area contributed by atoms with Gasteiger partial charge in [-0.1, -0.05) is 18.5 Å². The van der Waals surface area contributed by atoms with E-state index in [-0.39, 0.29) is 11.6 Å². The number of nitrogens with two attached hydrogens (primary N) is 1. The number of carbonyl (C=O) groups is 1. The van der Waals surface area contributed by atoms with E-state index in [1.807, 2.05) is 0 Å². The van der Waals surface area contributed by atoms with E-state index in [1.54, 1.807) is 12.1 Å². The Bertz CT molecular complexity index is 448. The summed E-state index contributed by atoms with van der Waals surface area (Å²) in [5.74, 6) is 6.67. The largest absolute Gasteiger partial charge is 0.350 e. The van der Waals surface area contributed by atoms with Crippen molar-refractivity contribution in [3.05, 3.63) is 22.8 Å². The minimum Gasteiger partial charge on any atom is -0.350 e. The average Bonchev–Trinajstić information content (AvgIpc) is 3.20. The lowest BCUT2D eigenvalue weighted by atomic mass is 10.1. The number of pyridine rings is 1. The van der Waals surface area contributed by atoms with E-state index < -0.39 is 0 Å². The number of anilines is 1. The topological polar surface area (TPSA) is 80.0 Å². The van der Waals surface area contributed by atoms with Crippen LogP contribution in [0.3, 0.4) is 0 Å². The number of halogens is 1. The summed E-state index contributed by atoms with van der Waals surface area (Å²) >= 11 is 5.95. The molecule has 1 aromatic rings. The first-order chi connectivity index (χ1) is 8.61. The minimum absolute atomic E-state index is 0.204. The molecule has 0 spiro atoms. The molecule has 1 saturated carbocycles. The number of nitrogens with one attached hydrogen (secondary N) is 2. The van der Waals surface area contributed by atoms with Gasteiger partial charge in [-0.2, -0.15) is 0 Å². The fourth-order valence-corrected chi connectivity index (χ4v) is 2.04. The molecule has 0 aromatic carbocycles. The van der Waals surface area contributed by atoms with Gasteiger partial charge in [-0.05, 0) is 36.8 Å². The molecule has 5 nitrogen and oxygen atoms in total. The van der Waals surface area contributed by atoms with E-state index in [0.29, 0.717) is 23.3 Å². The van der Waals surface area contributed by atoms with Gasteiger partial charge >= 0.3 is 0 Å². The molecule has 1 amide bonds. The van der Waals surface area contributed by atoms with Gasteiger partial charge in [0.15, 0.2) is 0 Å². The molecule has 2 rings (SSSR count). The Hall–Kier alpha value is -1.33. The number of carbonyl (C=O) groups excluding carboxylic acids is 1. The quantitative estimate of drug-likeness (QED) is 0.562. The van der Waals surface area contributed by atoms with Crippen molar-refractivity contribution in [3.8, 4) is 0 Å². The lowest BCUT2D eigenvalue weighted by molar-refractivity contribution is 0.0942. The van der Waals surface area contributed by atoms with Crippen LogP contribution >= 0.6 is 11.6 Å². The molecule has 98 valence electrons. The van der Waals surface area contributed by atoms with Crippen molar-refractivity contribution in [2.24, 2.45) is 17.7 Å². The van der Waals surface area contributed by atoms with Crippen LogP contribution in [-0.2, 0) is 0 Å². The Balaban J connectivity index is 1.98. The zero-order valence-electron chi connectivity index (χ0n) is 10.2. The molecule has 0 saturated heterocycles. The maximum Gasteiger partial charge on any atom is 0.271 e. The van der Waals surface area contributed by atoms with E-state index in [1.165, 1.54) is 12.8 Å². The number of nitrogens with zero attached hydrogens (tertiary/aromatic N) is 1. The van der Waals surface area contributed by atoms with Crippen LogP contribution in [0.5, 0.6) is 0 Å². The molecule has 0 aliphatic heterocycles. The fraction of sp³-hybridized carbons (Fsp3) is 0.500. The highest BCUT2D eigenvalue weighted by molar-refractivity contribution is 6.33. The molecular weight excluding hydrogens is 252 g/mol. The highest BCUT2D eigenvalue weighted by atomic mass is 35.5. The van der Waals surface area contributed by atoms with E-state index >= 15 is 0 Å². The Morgan fingerprint density at radius 3 is 2.94 bits per heavy atom. The summed E-state index contributed by atoms with van der Waals surface area (Å²) in [5.41, 5.74) is 2.60. The minimum atomic E-state index is -0.260. The van der Waals surface area contributed by atoms with Crippen LogP contribution in [0.25, 0.3) is 0 Å². The summed E-state index contributed by atoms with van der Waals surface area (Å²) in [4.78, 5) is 16.0. The molecule has 0 bridgehead atoms. The number of hydrogen-bond donors (Lipinski definition) is 3. The van der Waals surface area contributed by atoms with Crippen molar-refractivity contribution in [2.75, 3.05) is 12.0 Å². The highest BCUT2D eigenvalue weighted by Crippen LogP contribution is 2.36. The first-order valence-corrected chi connectivity index (χ1v) is 6.41. The van der Waals surface area contributed by atoms with E-state index in [4.69, 9.17) is 17.4 Å². The van der Waals surface area contributed by atoms with Gasteiger partial charge in [-0.25, -0.2) is 10.8 Å². The van der Waals surface area contributed by atoms with Gasteiger partial charge in [-0.3, -0.25) is 4.79 Å². The maximum atomic E-state index is 12.0. The summed E-state index contributed by atoms with van der Waals surface area (Å²) in [7, 11) is 0. The second-order valence-corrected chi connectivity index (χ2v) is 5.10. The van der Waals surface area contributed by atoms with Crippen LogP contribution < -0.4 is 16.6 Å². The van der Waals surface area contributed by atoms with Crippen LogP contribution in [0, 0.1) is 11.8 Å². The van der Waals surface area contributed by atoms with Gasteiger partial charge in [0.05, 0.1) is 5.02 Å². The molecule has 1 aliphatic carbocycles. The van der Waals surface area contributed by atoms with E-state index in [2.05, 4.69) is 22.7 Å². The highest BCUT2D eigenvalue weighted by Gasteiger charge is 2.28. The standard InChI is InChI=1S/C12H17ClN4O/c1-7(8-2-3-8)6-15-12(18)11-9(13)4-5-10(16-11)17-14/h4-5,7-8H,2-3,6,14H2,1H3,(H,15,18)(H,16,17). The predicted octanol–water partition coefficient (Wildman–Crippen LogP) is 1.80. The normalized spacial score (nSPS) is 16.2. The molecule has 6 heteroatoms. The molecule has 0 radical (unpaired) electrons. The van der Waals surface area contributed by atoms with Gasteiger partial charge in [0.2, 0.25) is 0 Å². The molecule has 1 atom stereocenters. The fourth-order valence-electron chi connectivity index (χ4n) is 1.85. The number of hydrazine groups is 1. The SMILES string of the molecule is CC(CNC(=O)c1nc(NN)ccc1Cl)C1CC1. The average molecular weight is 269 g/mol. The zero-order chi connectivity index (χ0) is 13.1. The summed E-state index contributed by atoms with van der Waals surface area (Å²) < 4.78 is 0. The van der Waals surface area contributed by atoms with E-state index in [9.17, 15) is 4.79 Å². The van der Waals surface area contributed by atoms with Crippen LogP contribution in [0.4, 0.5) is 5.82 Å². The van der Waals surface area contributed by atoms with Gasteiger partial charge in [0, 0.05) is 6.54 Å². The summed E-state index contributed by atoms with van der Waals surface area (Å²) in [6.45, 7) is 2.80. The Kier molecular flexibility index (Phi) is 4.04. The van der Waals surface area contributed by atoms with Crippen molar-refractivity contribution in [2.45, 2.75) is 19.8 Å². The van der Waals surface area contributed by atoms with Crippen molar-refractivity contribution >= 4 is 23.3 Å². The van der Waals surface area contributed by atoms with E-state index in [0.717, 1.165) is 5.92 Å². The summed E-state index contributed by atoms with van der Waals surface area (Å²) in [6, 6.07) is 3.22. The predicted molar refractivity (Wildman–Crippen MR) is 71.3 cm³/mol. The van der Waals surface area contributed by atoms with Gasteiger partial charge in [0.25, 0.3) is 5.91 Å². The van der Waals surface area contributed by atoms with Crippen molar-refractivity contribution in [1.29, 1.82) is 0 Å². The summed E-state index contributed by atoms with van der Waals surface area (Å²) in [5, 5.41) is 3.18. The van der Waals surface area contributed by atoms with Crippen molar-refractivity contribution in [1.82, 2.24) is 10.3 Å². The third-order valence-electron chi connectivity index (χ3n) is 3.22. The molecule has 18 heavy (non-hydrogen) atoms. The van der Waals surface area contributed by atoms with Crippen molar-refractivity contribution in [3.63, 3.8) is 0 Å². The molecule has 1 fully saturated rings. The number of aromatic nitrogens is 1. The zero-order valence-corrected chi connectivity index (χ0v) is 11.0. The van der Waals surface area contributed by atoms with Gasteiger partial charge < -0.3 is 10.7 Å². The van der Waals surface area contributed by atoms with Gasteiger partial charge in [0.1, 0.15) is 11.5 Å². The molecule has 1 heterocycles. The lowest BCUT2D eigenvalue weighted by Gasteiger charge is -2.12. The molecule has 1 aromatic heterocycles. The smallest absolute Gasteiger partial charge is 0.271 e. The number of nitrogen functional groups attached to an aromatic ring is 1. The Morgan fingerprint density at radius 1 is 1.61 bits per heavy atom. The number of rotatable bonds is 5. The third-order valence-corrected chi connectivity index (χ3v) is 3.53. The Morgan fingerprint density at radius 2 is 2.33 bits per heavy atom. The lowest BCUT2D eigenvalue weighted by Crippen LogP contribution is -2.30. The van der Waals surface area contributed by atoms with Crippen LogP contribution in [0.15, 0.2) is 12.1 Å². The molecular formula is C12H17ClN4O. The second-order valence-electron chi connectivity index (χ2n) is 4.70. The van der Waals surface area contributed by atoms with Crippen molar-refractivity contribution < 1.29 is 4.79 Å². The monoisotopic (exact) mass is 268 g/mol. The number of amides is 1. The molecule has 1 aliphatic rings. The molecule has 1 unspecified atom stereocenters. The first kappa shape index (κ1) is 13.1. The van der Waals surface area contributed by atoms with Crippen LogP contribution in [0.2, 0.25) is 5.02 Å². The van der Waals surface area contributed by atoms with Crippen LogP contribution in [0.1, 0.15) is 30.3 Å². The third kappa shape index (κ3) is 3.11.